The highest BCUT2D eigenvalue weighted by molar-refractivity contribution is 7.99. The topological polar surface area (TPSA) is 34.1 Å². The van der Waals surface area contributed by atoms with Gasteiger partial charge in [-0.2, -0.15) is 0 Å². The van der Waals surface area contributed by atoms with Gasteiger partial charge in [-0.3, -0.25) is 9.59 Å². The number of benzene rings is 3. The summed E-state index contributed by atoms with van der Waals surface area (Å²) in [6.07, 6.45) is 0. The van der Waals surface area contributed by atoms with E-state index in [2.05, 4.69) is 12.1 Å². The summed E-state index contributed by atoms with van der Waals surface area (Å²) in [5, 5.41) is 0. The smallest absolute Gasteiger partial charge is 0.174 e. The van der Waals surface area contributed by atoms with Gasteiger partial charge in [0, 0.05) is 21.3 Å². The summed E-state index contributed by atoms with van der Waals surface area (Å²) < 4.78 is 0. The van der Waals surface area contributed by atoms with Crippen LogP contribution in [-0.4, -0.2) is 11.6 Å². The molecule has 0 aromatic heterocycles. The summed E-state index contributed by atoms with van der Waals surface area (Å²) in [5.74, 6) is -1.19. The van der Waals surface area contributed by atoms with Crippen molar-refractivity contribution in [3.05, 3.63) is 95.6 Å². The Bertz CT molecular complexity index is 933. The van der Waals surface area contributed by atoms with Gasteiger partial charge in [0.05, 0.1) is 5.92 Å². The zero-order chi connectivity index (χ0) is 18.1. The number of fused-ring (bicyclic) bond motifs is 2. The number of hydrogen-bond donors (Lipinski definition) is 0. The molecule has 3 heteroatoms. The lowest BCUT2D eigenvalue weighted by Crippen LogP contribution is -2.31. The summed E-state index contributed by atoms with van der Waals surface area (Å²) >= 11 is 1.70. The Hall–Kier alpha value is -2.65. The number of carbonyl (C=O) groups is 2. The molecule has 1 aliphatic heterocycles. The standard InChI is InChI=1S/C23H18O2S/c1-15(24)21(23(25)16-9-3-2-4-10-16)22-17-11-5-7-13-19(17)26-20-14-8-6-12-18(20)22/h2-14,21-22H,1H3. The Labute approximate surface area is 157 Å². The lowest BCUT2D eigenvalue weighted by atomic mass is 9.75. The highest BCUT2D eigenvalue weighted by atomic mass is 32.2. The number of hydrogen-bond acceptors (Lipinski definition) is 3. The van der Waals surface area contributed by atoms with Gasteiger partial charge in [0.2, 0.25) is 0 Å². The molecule has 0 fully saturated rings. The Kier molecular flexibility index (Phi) is 4.48. The minimum atomic E-state index is -0.722. The first-order chi connectivity index (χ1) is 12.7. The Morgan fingerprint density at radius 2 is 1.27 bits per heavy atom. The SMILES string of the molecule is CC(=O)C(C(=O)c1ccccc1)C1c2ccccc2Sc2ccccc21. The van der Waals surface area contributed by atoms with Crippen LogP contribution in [0.4, 0.5) is 0 Å². The van der Waals surface area contributed by atoms with Gasteiger partial charge >= 0.3 is 0 Å². The van der Waals surface area contributed by atoms with Gasteiger partial charge in [-0.15, -0.1) is 0 Å². The van der Waals surface area contributed by atoms with Gasteiger partial charge in [0.1, 0.15) is 5.78 Å². The summed E-state index contributed by atoms with van der Waals surface area (Å²) in [7, 11) is 0. The summed E-state index contributed by atoms with van der Waals surface area (Å²) in [5.41, 5.74) is 2.70. The maximum absolute atomic E-state index is 13.3. The molecule has 26 heavy (non-hydrogen) atoms. The number of ketones is 2. The predicted octanol–water partition coefficient (Wildman–Crippen LogP) is 5.37. The lowest BCUT2D eigenvalue weighted by molar-refractivity contribution is -0.119. The highest BCUT2D eigenvalue weighted by Crippen LogP contribution is 2.49. The molecule has 0 saturated carbocycles. The highest BCUT2D eigenvalue weighted by Gasteiger charge is 2.39. The van der Waals surface area contributed by atoms with Crippen LogP contribution < -0.4 is 0 Å². The first kappa shape index (κ1) is 16.8. The van der Waals surface area contributed by atoms with E-state index in [-0.39, 0.29) is 17.5 Å². The molecule has 0 spiro atoms. The number of Topliss-reactive ketones (excluding diaryl/α,β-unsaturated/α-hetero) is 2. The summed E-state index contributed by atoms with van der Waals surface area (Å²) in [6.45, 7) is 1.53. The second-order valence-corrected chi connectivity index (χ2v) is 7.56. The maximum atomic E-state index is 13.3. The third-order valence-corrected chi connectivity index (χ3v) is 6.02. The van der Waals surface area contributed by atoms with Crippen LogP contribution in [0.15, 0.2) is 88.7 Å². The molecular formula is C23H18O2S. The largest absolute Gasteiger partial charge is 0.299 e. The van der Waals surface area contributed by atoms with E-state index in [9.17, 15) is 9.59 Å². The van der Waals surface area contributed by atoms with Crippen LogP contribution in [0.25, 0.3) is 0 Å². The van der Waals surface area contributed by atoms with Gasteiger partial charge in [0.25, 0.3) is 0 Å². The zero-order valence-electron chi connectivity index (χ0n) is 14.4. The van der Waals surface area contributed by atoms with E-state index in [0.29, 0.717) is 5.56 Å². The molecule has 128 valence electrons. The molecule has 1 aliphatic rings. The first-order valence-electron chi connectivity index (χ1n) is 8.62. The minimum absolute atomic E-state index is 0.0969. The van der Waals surface area contributed by atoms with Crippen LogP contribution in [-0.2, 0) is 4.79 Å². The van der Waals surface area contributed by atoms with Crippen LogP contribution in [0.5, 0.6) is 0 Å². The van der Waals surface area contributed by atoms with Crippen molar-refractivity contribution in [2.45, 2.75) is 22.6 Å². The van der Waals surface area contributed by atoms with E-state index in [4.69, 9.17) is 0 Å². The number of carbonyl (C=O) groups excluding carboxylic acids is 2. The first-order valence-corrected chi connectivity index (χ1v) is 9.44. The second-order valence-electron chi connectivity index (χ2n) is 6.47. The van der Waals surface area contributed by atoms with E-state index in [1.54, 1.807) is 23.9 Å². The van der Waals surface area contributed by atoms with Crippen LogP contribution in [0, 0.1) is 5.92 Å². The fourth-order valence-electron chi connectivity index (χ4n) is 3.66. The monoisotopic (exact) mass is 358 g/mol. The van der Waals surface area contributed by atoms with Gasteiger partial charge in [-0.05, 0) is 30.2 Å². The molecule has 3 aromatic rings. The second kappa shape index (κ2) is 6.93. The molecule has 0 aliphatic carbocycles. The van der Waals surface area contributed by atoms with Crippen molar-refractivity contribution < 1.29 is 9.59 Å². The van der Waals surface area contributed by atoms with Gasteiger partial charge in [-0.1, -0.05) is 78.5 Å². The molecule has 1 heterocycles. The maximum Gasteiger partial charge on any atom is 0.174 e. The molecule has 2 nitrogen and oxygen atoms in total. The summed E-state index contributed by atoms with van der Waals surface area (Å²) in [4.78, 5) is 28.2. The third kappa shape index (κ3) is 2.89. The average molecular weight is 358 g/mol. The van der Waals surface area contributed by atoms with Gasteiger partial charge in [-0.25, -0.2) is 0 Å². The minimum Gasteiger partial charge on any atom is -0.299 e. The molecule has 1 atom stereocenters. The van der Waals surface area contributed by atoms with Crippen LogP contribution in [0.2, 0.25) is 0 Å². The molecule has 0 amide bonds. The zero-order valence-corrected chi connectivity index (χ0v) is 15.2. The molecule has 4 rings (SSSR count). The van der Waals surface area contributed by atoms with Crippen molar-refractivity contribution >= 4 is 23.3 Å². The molecule has 0 bridgehead atoms. The molecule has 3 aromatic carbocycles. The molecule has 1 unspecified atom stereocenters. The lowest BCUT2D eigenvalue weighted by Gasteiger charge is -2.32. The van der Waals surface area contributed by atoms with Crippen LogP contribution in [0.1, 0.15) is 34.3 Å². The van der Waals surface area contributed by atoms with Gasteiger partial charge < -0.3 is 0 Å². The van der Waals surface area contributed by atoms with E-state index < -0.39 is 5.92 Å². The molecule has 0 radical (unpaired) electrons. The van der Waals surface area contributed by atoms with Crippen LogP contribution in [0.3, 0.4) is 0 Å². The van der Waals surface area contributed by atoms with Crippen LogP contribution >= 0.6 is 11.8 Å². The van der Waals surface area contributed by atoms with Crippen molar-refractivity contribution in [3.8, 4) is 0 Å². The quantitative estimate of drug-likeness (QED) is 0.464. The molecule has 0 N–H and O–H groups in total. The van der Waals surface area contributed by atoms with Crippen molar-refractivity contribution in [2.75, 3.05) is 0 Å². The number of rotatable bonds is 4. The molecule has 0 saturated heterocycles. The Morgan fingerprint density at radius 1 is 0.769 bits per heavy atom. The fourth-order valence-corrected chi connectivity index (χ4v) is 4.81. The fraction of sp³-hybridized carbons (Fsp3) is 0.130. The summed E-state index contributed by atoms with van der Waals surface area (Å²) in [6, 6.07) is 25.3. The van der Waals surface area contributed by atoms with Crippen molar-refractivity contribution in [1.29, 1.82) is 0 Å². The predicted molar refractivity (Wildman–Crippen MR) is 104 cm³/mol. The van der Waals surface area contributed by atoms with Crippen molar-refractivity contribution in [1.82, 2.24) is 0 Å². The van der Waals surface area contributed by atoms with E-state index in [0.717, 1.165) is 20.9 Å². The Balaban J connectivity index is 1.89. The van der Waals surface area contributed by atoms with E-state index in [1.807, 2.05) is 54.6 Å². The average Bonchev–Trinajstić information content (AvgIpc) is 2.68. The van der Waals surface area contributed by atoms with E-state index >= 15 is 0 Å². The van der Waals surface area contributed by atoms with Crippen molar-refractivity contribution in [3.63, 3.8) is 0 Å². The third-order valence-electron chi connectivity index (χ3n) is 4.84. The normalized spacial score (nSPS) is 14.2. The Morgan fingerprint density at radius 3 is 1.81 bits per heavy atom. The molecular weight excluding hydrogens is 340 g/mol. The van der Waals surface area contributed by atoms with Crippen molar-refractivity contribution in [2.24, 2.45) is 5.92 Å². The van der Waals surface area contributed by atoms with Gasteiger partial charge in [0.15, 0.2) is 5.78 Å². The van der Waals surface area contributed by atoms with E-state index in [1.165, 1.54) is 6.92 Å².